The number of nitrogens with one attached hydrogen (secondary N) is 1. The van der Waals surface area contributed by atoms with Gasteiger partial charge in [0.25, 0.3) is 0 Å². The maximum atomic E-state index is 13.3. The summed E-state index contributed by atoms with van der Waals surface area (Å²) in [6.07, 6.45) is 0.506. The molecule has 2 aliphatic rings. The van der Waals surface area contributed by atoms with Gasteiger partial charge >= 0.3 is 6.18 Å². The number of methoxy groups -OCH3 is 1. The lowest BCUT2D eigenvalue weighted by molar-refractivity contribution is -0.137. The van der Waals surface area contributed by atoms with E-state index < -0.39 is 11.7 Å². The van der Waals surface area contributed by atoms with E-state index in [1.165, 1.54) is 12.1 Å². The maximum Gasteiger partial charge on any atom is 0.416 e. The first-order chi connectivity index (χ1) is 16.3. The van der Waals surface area contributed by atoms with Crippen molar-refractivity contribution in [2.75, 3.05) is 12.4 Å². The molecule has 0 saturated carbocycles. The van der Waals surface area contributed by atoms with Gasteiger partial charge in [0.05, 0.1) is 23.2 Å². The SMILES string of the molecule is COc1cc([C@H]2Nc3ccc(C(F)(F)F)cc3C3C=CCC32)cc(Br)c1OCc1ccccc1. The van der Waals surface area contributed by atoms with Crippen molar-refractivity contribution in [3.63, 3.8) is 0 Å². The number of allylic oxidation sites excluding steroid dienone is 2. The predicted octanol–water partition coefficient (Wildman–Crippen LogP) is 7.88. The van der Waals surface area contributed by atoms with E-state index in [0.717, 1.165) is 33.8 Å². The molecule has 0 aromatic heterocycles. The highest BCUT2D eigenvalue weighted by Gasteiger charge is 2.40. The van der Waals surface area contributed by atoms with E-state index in [0.29, 0.717) is 23.7 Å². The van der Waals surface area contributed by atoms with E-state index in [4.69, 9.17) is 9.47 Å². The number of ether oxygens (including phenoxy) is 2. The molecular formula is C27H23BrF3NO2. The van der Waals surface area contributed by atoms with Crippen LogP contribution in [-0.2, 0) is 12.8 Å². The van der Waals surface area contributed by atoms with E-state index in [1.54, 1.807) is 7.11 Å². The van der Waals surface area contributed by atoms with E-state index >= 15 is 0 Å². The van der Waals surface area contributed by atoms with Crippen molar-refractivity contribution in [2.45, 2.75) is 31.2 Å². The number of halogens is 4. The summed E-state index contributed by atoms with van der Waals surface area (Å²) < 4.78 is 52.4. The Kier molecular flexibility index (Phi) is 6.06. The molecule has 1 heterocycles. The quantitative estimate of drug-likeness (QED) is 0.341. The third kappa shape index (κ3) is 4.29. The number of fused-ring (bicyclic) bond motifs is 3. The second-order valence-corrected chi connectivity index (χ2v) is 9.44. The van der Waals surface area contributed by atoms with Gasteiger partial charge in [-0.25, -0.2) is 0 Å². The van der Waals surface area contributed by atoms with Gasteiger partial charge in [0, 0.05) is 11.6 Å². The molecule has 7 heteroatoms. The minimum Gasteiger partial charge on any atom is -0.493 e. The third-order valence-corrected chi connectivity index (χ3v) is 7.12. The Hall–Kier alpha value is -2.93. The van der Waals surface area contributed by atoms with Crippen LogP contribution in [0.4, 0.5) is 18.9 Å². The Labute approximate surface area is 204 Å². The first kappa shape index (κ1) is 22.8. The van der Waals surface area contributed by atoms with Crippen molar-refractivity contribution in [3.05, 3.63) is 99.5 Å². The molecule has 0 amide bonds. The lowest BCUT2D eigenvalue weighted by atomic mass is 9.76. The van der Waals surface area contributed by atoms with Gasteiger partial charge in [0.2, 0.25) is 0 Å². The van der Waals surface area contributed by atoms with E-state index in [2.05, 4.69) is 27.3 Å². The highest BCUT2D eigenvalue weighted by atomic mass is 79.9. The minimum absolute atomic E-state index is 0.0812. The van der Waals surface area contributed by atoms with Crippen LogP contribution >= 0.6 is 15.9 Å². The van der Waals surface area contributed by atoms with Crippen LogP contribution in [0, 0.1) is 5.92 Å². The van der Waals surface area contributed by atoms with Gasteiger partial charge in [-0.15, -0.1) is 0 Å². The summed E-state index contributed by atoms with van der Waals surface area (Å²) in [4.78, 5) is 0. The van der Waals surface area contributed by atoms with Gasteiger partial charge in [-0.3, -0.25) is 0 Å². The van der Waals surface area contributed by atoms with Gasteiger partial charge < -0.3 is 14.8 Å². The van der Waals surface area contributed by atoms with Crippen molar-refractivity contribution in [1.29, 1.82) is 0 Å². The van der Waals surface area contributed by atoms with Crippen molar-refractivity contribution < 1.29 is 22.6 Å². The van der Waals surface area contributed by atoms with Gasteiger partial charge in [-0.05, 0) is 75.3 Å². The molecule has 34 heavy (non-hydrogen) atoms. The van der Waals surface area contributed by atoms with Crippen molar-refractivity contribution in [1.82, 2.24) is 0 Å². The Morgan fingerprint density at radius 1 is 1.06 bits per heavy atom. The summed E-state index contributed by atoms with van der Waals surface area (Å²) in [5, 5.41) is 3.49. The summed E-state index contributed by atoms with van der Waals surface area (Å²) in [5.74, 6) is 1.23. The molecule has 1 N–H and O–H groups in total. The molecule has 3 aromatic carbocycles. The standard InChI is InChI=1S/C27H23BrF3NO2/c1-33-24-13-17(12-22(28)26(24)34-15-16-6-3-2-4-7-16)25-20-9-5-8-19(20)21-14-18(27(29,30)31)10-11-23(21)32-25/h2-8,10-14,19-20,25,32H,9,15H2,1H3/t19?,20?,25-/m1/s1. The maximum absolute atomic E-state index is 13.3. The lowest BCUT2D eigenvalue weighted by Crippen LogP contribution is -2.29. The first-order valence-corrected chi connectivity index (χ1v) is 11.8. The molecule has 3 nitrogen and oxygen atoms in total. The fourth-order valence-electron chi connectivity index (χ4n) is 4.89. The molecular weight excluding hydrogens is 507 g/mol. The fourth-order valence-corrected chi connectivity index (χ4v) is 5.46. The first-order valence-electron chi connectivity index (χ1n) is 11.0. The van der Waals surface area contributed by atoms with Crippen LogP contribution in [0.3, 0.4) is 0 Å². The molecule has 3 atom stereocenters. The zero-order chi connectivity index (χ0) is 23.9. The largest absolute Gasteiger partial charge is 0.493 e. The van der Waals surface area contributed by atoms with Crippen LogP contribution in [0.1, 0.15) is 40.6 Å². The molecule has 3 aromatic rings. The van der Waals surface area contributed by atoms with Crippen molar-refractivity contribution >= 4 is 21.6 Å². The van der Waals surface area contributed by atoms with Gasteiger partial charge in [-0.2, -0.15) is 13.2 Å². The lowest BCUT2D eigenvalue weighted by Gasteiger charge is -2.38. The minimum atomic E-state index is -4.36. The average Bonchev–Trinajstić information content (AvgIpc) is 3.32. The van der Waals surface area contributed by atoms with Gasteiger partial charge in [-0.1, -0.05) is 42.5 Å². The molecule has 0 bridgehead atoms. The number of rotatable bonds is 5. The van der Waals surface area contributed by atoms with Crippen LogP contribution in [-0.4, -0.2) is 7.11 Å². The molecule has 176 valence electrons. The third-order valence-electron chi connectivity index (χ3n) is 6.53. The zero-order valence-corrected chi connectivity index (χ0v) is 20.0. The van der Waals surface area contributed by atoms with Crippen LogP contribution in [0.25, 0.3) is 0 Å². The molecule has 5 rings (SSSR count). The highest BCUT2D eigenvalue weighted by molar-refractivity contribution is 9.10. The average molecular weight is 530 g/mol. The van der Waals surface area contributed by atoms with Crippen molar-refractivity contribution in [3.8, 4) is 11.5 Å². The number of benzene rings is 3. The molecule has 0 fully saturated rings. The second kappa shape index (κ2) is 9.02. The fraction of sp³-hybridized carbons (Fsp3) is 0.259. The Balaban J connectivity index is 1.46. The van der Waals surface area contributed by atoms with E-state index in [9.17, 15) is 13.2 Å². The van der Waals surface area contributed by atoms with Crippen LogP contribution < -0.4 is 14.8 Å². The Morgan fingerprint density at radius 3 is 2.59 bits per heavy atom. The van der Waals surface area contributed by atoms with Crippen molar-refractivity contribution in [2.24, 2.45) is 5.92 Å². The normalized spacial score (nSPS) is 20.9. The van der Waals surface area contributed by atoms with Gasteiger partial charge in [0.1, 0.15) is 6.61 Å². The smallest absolute Gasteiger partial charge is 0.416 e. The Bertz CT molecular complexity index is 1230. The number of hydrogen-bond acceptors (Lipinski definition) is 3. The molecule has 0 spiro atoms. The highest BCUT2D eigenvalue weighted by Crippen LogP contribution is 2.52. The van der Waals surface area contributed by atoms with E-state index in [1.807, 2.05) is 48.5 Å². The van der Waals surface area contributed by atoms with Gasteiger partial charge in [0.15, 0.2) is 11.5 Å². The second-order valence-electron chi connectivity index (χ2n) is 8.58. The molecule has 0 saturated heterocycles. The van der Waals surface area contributed by atoms with Crippen LogP contribution in [0.15, 0.2) is 77.3 Å². The number of hydrogen-bond donors (Lipinski definition) is 1. The molecule has 0 radical (unpaired) electrons. The summed E-state index contributed by atoms with van der Waals surface area (Å²) in [5.41, 5.74) is 2.84. The van der Waals surface area contributed by atoms with E-state index in [-0.39, 0.29) is 17.9 Å². The predicted molar refractivity (Wildman–Crippen MR) is 129 cm³/mol. The molecule has 1 aliphatic carbocycles. The summed E-state index contributed by atoms with van der Waals surface area (Å²) in [7, 11) is 1.60. The summed E-state index contributed by atoms with van der Waals surface area (Å²) in [6.45, 7) is 0.403. The molecule has 2 unspecified atom stereocenters. The number of anilines is 1. The van der Waals surface area contributed by atoms with Crippen LogP contribution in [0.5, 0.6) is 11.5 Å². The summed E-state index contributed by atoms with van der Waals surface area (Å²) >= 11 is 3.64. The zero-order valence-electron chi connectivity index (χ0n) is 18.4. The Morgan fingerprint density at radius 2 is 1.85 bits per heavy atom. The monoisotopic (exact) mass is 529 g/mol. The number of alkyl halides is 3. The topological polar surface area (TPSA) is 30.5 Å². The summed E-state index contributed by atoms with van der Waals surface area (Å²) in [6, 6.07) is 17.7. The van der Waals surface area contributed by atoms with Crippen LogP contribution in [0.2, 0.25) is 0 Å². The molecule has 1 aliphatic heterocycles.